The van der Waals surface area contributed by atoms with Gasteiger partial charge in [-0.15, -0.1) is 0 Å². The summed E-state index contributed by atoms with van der Waals surface area (Å²) in [4.78, 5) is 4.04. The highest BCUT2D eigenvalue weighted by Gasteiger charge is 2.03. The van der Waals surface area contributed by atoms with E-state index in [4.69, 9.17) is 5.73 Å². The molecule has 0 aliphatic carbocycles. The summed E-state index contributed by atoms with van der Waals surface area (Å²) in [7, 11) is -3.16. The van der Waals surface area contributed by atoms with Gasteiger partial charge in [-0.25, -0.2) is 13.1 Å². The summed E-state index contributed by atoms with van der Waals surface area (Å²) >= 11 is 0. The van der Waals surface area contributed by atoms with Crippen LogP contribution < -0.4 is 15.8 Å². The Morgan fingerprint density at radius 3 is 2.79 bits per heavy atom. The molecule has 0 heterocycles. The first kappa shape index (κ1) is 15.5. The quantitative estimate of drug-likeness (QED) is 0.406. The number of anilines is 1. The molecule has 0 aromatic heterocycles. The Morgan fingerprint density at radius 2 is 2.16 bits per heavy atom. The smallest absolute Gasteiger partial charge is 0.211 e. The van der Waals surface area contributed by atoms with Gasteiger partial charge in [0, 0.05) is 12.2 Å². The van der Waals surface area contributed by atoms with Gasteiger partial charge in [0.1, 0.15) is 0 Å². The van der Waals surface area contributed by atoms with E-state index < -0.39 is 10.0 Å². The van der Waals surface area contributed by atoms with E-state index in [0.29, 0.717) is 6.54 Å². The third kappa shape index (κ3) is 6.21. The van der Waals surface area contributed by atoms with Crippen LogP contribution in [0.1, 0.15) is 12.5 Å². The van der Waals surface area contributed by atoms with Crippen LogP contribution in [0.4, 0.5) is 5.69 Å². The fourth-order valence-electron chi connectivity index (χ4n) is 1.39. The summed E-state index contributed by atoms with van der Waals surface area (Å²) < 4.78 is 24.8. The van der Waals surface area contributed by atoms with Crippen LogP contribution >= 0.6 is 0 Å². The molecule has 1 rings (SSSR count). The molecule has 19 heavy (non-hydrogen) atoms. The Bertz CT molecular complexity index is 540. The lowest BCUT2D eigenvalue weighted by Gasteiger charge is -2.06. The minimum absolute atomic E-state index is 0.0632. The van der Waals surface area contributed by atoms with Crippen molar-refractivity contribution in [3.63, 3.8) is 0 Å². The number of sulfonamides is 1. The van der Waals surface area contributed by atoms with Crippen molar-refractivity contribution in [1.82, 2.24) is 4.72 Å². The number of nitrogens with zero attached hydrogens (tertiary/aromatic N) is 1. The van der Waals surface area contributed by atoms with E-state index in [9.17, 15) is 8.42 Å². The molecule has 0 aliphatic rings. The SMILES string of the molecule is CCS(=O)(=O)NCCN=C(N)Nc1cccc(C)c1. The normalized spacial score (nSPS) is 12.4. The Labute approximate surface area is 114 Å². The number of hydrogen-bond acceptors (Lipinski definition) is 3. The van der Waals surface area contributed by atoms with E-state index in [2.05, 4.69) is 15.0 Å². The van der Waals surface area contributed by atoms with Crippen molar-refractivity contribution in [2.45, 2.75) is 13.8 Å². The highest BCUT2D eigenvalue weighted by atomic mass is 32.2. The number of rotatable bonds is 6. The molecule has 106 valence electrons. The minimum Gasteiger partial charge on any atom is -0.370 e. The van der Waals surface area contributed by atoms with Gasteiger partial charge in [0.15, 0.2) is 5.96 Å². The molecule has 0 atom stereocenters. The second-order valence-electron chi connectivity index (χ2n) is 4.06. The topological polar surface area (TPSA) is 96.6 Å². The van der Waals surface area contributed by atoms with Crippen molar-refractivity contribution in [3.8, 4) is 0 Å². The zero-order valence-corrected chi connectivity index (χ0v) is 12.0. The number of hydrogen-bond donors (Lipinski definition) is 3. The minimum atomic E-state index is -3.16. The highest BCUT2D eigenvalue weighted by molar-refractivity contribution is 7.89. The first-order valence-electron chi connectivity index (χ1n) is 6.04. The van der Waals surface area contributed by atoms with Crippen LogP contribution in [0.25, 0.3) is 0 Å². The number of aryl methyl sites for hydroxylation is 1. The van der Waals surface area contributed by atoms with Crippen molar-refractivity contribution in [1.29, 1.82) is 0 Å². The standard InChI is InChI=1S/C12H20N4O2S/c1-3-19(17,18)15-8-7-14-12(13)16-11-6-4-5-10(2)9-11/h4-6,9,15H,3,7-8H2,1-2H3,(H3,13,14,16). The monoisotopic (exact) mass is 284 g/mol. The van der Waals surface area contributed by atoms with Gasteiger partial charge in [-0.1, -0.05) is 12.1 Å². The maximum atomic E-state index is 11.2. The second-order valence-corrected chi connectivity index (χ2v) is 6.15. The van der Waals surface area contributed by atoms with E-state index in [-0.39, 0.29) is 18.3 Å². The van der Waals surface area contributed by atoms with E-state index in [1.165, 1.54) is 0 Å². The van der Waals surface area contributed by atoms with Gasteiger partial charge in [-0.3, -0.25) is 4.99 Å². The zero-order chi connectivity index (χ0) is 14.3. The van der Waals surface area contributed by atoms with Crippen molar-refractivity contribution >= 4 is 21.7 Å². The fraction of sp³-hybridized carbons (Fsp3) is 0.417. The van der Waals surface area contributed by atoms with Gasteiger partial charge in [-0.2, -0.15) is 0 Å². The van der Waals surface area contributed by atoms with Crippen LogP contribution in [0.5, 0.6) is 0 Å². The van der Waals surface area contributed by atoms with Crippen LogP contribution in [-0.4, -0.2) is 33.2 Å². The van der Waals surface area contributed by atoms with E-state index in [0.717, 1.165) is 11.3 Å². The molecule has 6 nitrogen and oxygen atoms in total. The van der Waals surface area contributed by atoms with E-state index in [1.807, 2.05) is 31.2 Å². The maximum absolute atomic E-state index is 11.2. The Morgan fingerprint density at radius 1 is 1.42 bits per heavy atom. The predicted molar refractivity (Wildman–Crippen MR) is 78.8 cm³/mol. The zero-order valence-electron chi connectivity index (χ0n) is 11.2. The van der Waals surface area contributed by atoms with Gasteiger partial charge in [-0.05, 0) is 31.5 Å². The molecule has 0 bridgehead atoms. The Balaban J connectivity index is 2.42. The van der Waals surface area contributed by atoms with Gasteiger partial charge < -0.3 is 11.1 Å². The molecule has 1 aromatic rings. The molecule has 0 amide bonds. The predicted octanol–water partition coefficient (Wildman–Crippen LogP) is 0.661. The van der Waals surface area contributed by atoms with E-state index in [1.54, 1.807) is 6.92 Å². The molecule has 0 radical (unpaired) electrons. The first-order valence-corrected chi connectivity index (χ1v) is 7.69. The first-order chi connectivity index (χ1) is 8.93. The summed E-state index contributed by atoms with van der Waals surface area (Å²) in [6.45, 7) is 4.10. The molecular formula is C12H20N4O2S. The second kappa shape index (κ2) is 7.10. The molecular weight excluding hydrogens is 264 g/mol. The summed E-state index contributed by atoms with van der Waals surface area (Å²) in [5.41, 5.74) is 7.68. The third-order valence-corrected chi connectivity index (χ3v) is 3.79. The van der Waals surface area contributed by atoms with Crippen LogP contribution in [0.2, 0.25) is 0 Å². The van der Waals surface area contributed by atoms with E-state index >= 15 is 0 Å². The number of nitrogens with one attached hydrogen (secondary N) is 2. The van der Waals surface area contributed by atoms with Crippen LogP contribution in [0.15, 0.2) is 29.3 Å². The highest BCUT2D eigenvalue weighted by Crippen LogP contribution is 2.08. The number of benzene rings is 1. The van der Waals surface area contributed by atoms with Crippen molar-refractivity contribution in [2.24, 2.45) is 10.7 Å². The van der Waals surface area contributed by atoms with Gasteiger partial charge in [0.2, 0.25) is 10.0 Å². The number of aliphatic imine (C=N–C) groups is 1. The van der Waals surface area contributed by atoms with Crippen LogP contribution in [0, 0.1) is 6.92 Å². The lowest BCUT2D eigenvalue weighted by molar-refractivity contribution is 0.583. The van der Waals surface area contributed by atoms with Crippen molar-refractivity contribution < 1.29 is 8.42 Å². The van der Waals surface area contributed by atoms with Crippen LogP contribution in [-0.2, 0) is 10.0 Å². The largest absolute Gasteiger partial charge is 0.370 e. The van der Waals surface area contributed by atoms with Crippen molar-refractivity contribution in [3.05, 3.63) is 29.8 Å². The molecule has 0 unspecified atom stereocenters. The number of nitrogens with two attached hydrogens (primary N) is 1. The van der Waals surface area contributed by atoms with Gasteiger partial charge in [0.05, 0.1) is 12.3 Å². The summed E-state index contributed by atoms with van der Waals surface area (Å²) in [5.74, 6) is 0.328. The summed E-state index contributed by atoms with van der Waals surface area (Å²) in [6.07, 6.45) is 0. The number of guanidine groups is 1. The lowest BCUT2D eigenvalue weighted by Crippen LogP contribution is -2.29. The lowest BCUT2D eigenvalue weighted by atomic mass is 10.2. The fourth-order valence-corrected chi connectivity index (χ4v) is 2.00. The average molecular weight is 284 g/mol. The Hall–Kier alpha value is -1.60. The van der Waals surface area contributed by atoms with Gasteiger partial charge >= 0.3 is 0 Å². The summed E-state index contributed by atoms with van der Waals surface area (Å²) in [6, 6.07) is 7.73. The molecule has 0 saturated heterocycles. The molecule has 0 spiro atoms. The summed E-state index contributed by atoms with van der Waals surface area (Å²) in [5, 5.41) is 2.94. The van der Waals surface area contributed by atoms with Gasteiger partial charge in [0.25, 0.3) is 0 Å². The molecule has 0 saturated carbocycles. The molecule has 0 aliphatic heterocycles. The molecule has 1 aromatic carbocycles. The Kier molecular flexibility index (Phi) is 5.78. The van der Waals surface area contributed by atoms with Crippen molar-refractivity contribution in [2.75, 3.05) is 24.2 Å². The molecule has 4 N–H and O–H groups in total. The maximum Gasteiger partial charge on any atom is 0.211 e. The average Bonchev–Trinajstić information content (AvgIpc) is 2.35. The third-order valence-electron chi connectivity index (χ3n) is 2.39. The molecule has 7 heteroatoms. The van der Waals surface area contributed by atoms with Crippen LogP contribution in [0.3, 0.4) is 0 Å². The molecule has 0 fully saturated rings.